The van der Waals surface area contributed by atoms with Gasteiger partial charge >= 0.3 is 0 Å². The highest BCUT2D eigenvalue weighted by Crippen LogP contribution is 2.29. The van der Waals surface area contributed by atoms with Gasteiger partial charge < -0.3 is 14.8 Å². The fraction of sp³-hybridized carbons (Fsp3) is 0.381. The van der Waals surface area contributed by atoms with Crippen molar-refractivity contribution in [1.29, 1.82) is 0 Å². The van der Waals surface area contributed by atoms with Crippen LogP contribution in [0.1, 0.15) is 26.3 Å². The minimum atomic E-state index is -3.66. The molecule has 7 nitrogen and oxygen atoms in total. The highest BCUT2D eigenvalue weighted by molar-refractivity contribution is 7.89. The van der Waals surface area contributed by atoms with Gasteiger partial charge in [-0.05, 0) is 49.7 Å². The molecule has 0 bridgehead atoms. The number of sulfonamides is 1. The minimum absolute atomic E-state index is 0.0876. The van der Waals surface area contributed by atoms with Gasteiger partial charge in [-0.2, -0.15) is 4.31 Å². The molecule has 0 unspecified atom stereocenters. The number of nitrogens with zero attached hydrogens (tertiary/aromatic N) is 1. The molecule has 0 saturated carbocycles. The van der Waals surface area contributed by atoms with E-state index < -0.39 is 22.0 Å². The summed E-state index contributed by atoms with van der Waals surface area (Å²) in [6.07, 6.45) is -0.787. The molecule has 158 valence electrons. The Morgan fingerprint density at radius 1 is 1.14 bits per heavy atom. The maximum atomic E-state index is 12.8. The van der Waals surface area contributed by atoms with Crippen LogP contribution < -0.4 is 14.8 Å². The summed E-state index contributed by atoms with van der Waals surface area (Å²) in [5.74, 6) is 0.527. The Morgan fingerprint density at radius 2 is 1.83 bits per heavy atom. The zero-order valence-corrected chi connectivity index (χ0v) is 18.2. The molecule has 0 aliphatic rings. The van der Waals surface area contributed by atoms with Crippen LogP contribution >= 0.6 is 0 Å². The molecule has 2 rings (SSSR count). The second-order valence-corrected chi connectivity index (χ2v) is 8.46. The van der Waals surface area contributed by atoms with E-state index in [1.807, 2.05) is 25.1 Å². The molecule has 8 heteroatoms. The summed E-state index contributed by atoms with van der Waals surface area (Å²) in [6, 6.07) is 11.8. The molecule has 0 aromatic heterocycles. The van der Waals surface area contributed by atoms with Crippen molar-refractivity contribution in [3.05, 3.63) is 48.0 Å². The standard InChI is InChI=1S/C21H28N2O5S/c1-6-23(7-2)29(25,26)18-11-12-20(27-5)19(14-18)22-21(24)16(4)28-17-10-8-9-15(3)13-17/h8-14,16H,6-7H2,1-5H3,(H,22,24)/t16-/m1/s1. The maximum absolute atomic E-state index is 12.8. The van der Waals surface area contributed by atoms with Crippen molar-refractivity contribution in [2.75, 3.05) is 25.5 Å². The van der Waals surface area contributed by atoms with Crippen LogP contribution in [0.5, 0.6) is 11.5 Å². The normalized spacial score (nSPS) is 12.5. The lowest BCUT2D eigenvalue weighted by molar-refractivity contribution is -0.122. The number of rotatable bonds is 9. The van der Waals surface area contributed by atoms with Crippen LogP contribution in [0.25, 0.3) is 0 Å². The van der Waals surface area contributed by atoms with Gasteiger partial charge in [0.25, 0.3) is 5.91 Å². The van der Waals surface area contributed by atoms with Crippen LogP contribution in [0.15, 0.2) is 47.4 Å². The Labute approximate surface area is 172 Å². The Balaban J connectivity index is 2.25. The van der Waals surface area contributed by atoms with Crippen molar-refractivity contribution in [3.8, 4) is 11.5 Å². The van der Waals surface area contributed by atoms with Gasteiger partial charge in [-0.1, -0.05) is 26.0 Å². The molecule has 1 atom stereocenters. The molecule has 0 radical (unpaired) electrons. The highest BCUT2D eigenvalue weighted by Gasteiger charge is 2.24. The van der Waals surface area contributed by atoms with Gasteiger partial charge in [0.15, 0.2) is 6.10 Å². The van der Waals surface area contributed by atoms with Crippen molar-refractivity contribution >= 4 is 21.6 Å². The first kappa shape index (κ1) is 22.7. The van der Waals surface area contributed by atoms with Crippen LogP contribution in [0.3, 0.4) is 0 Å². The molecule has 1 N–H and O–H groups in total. The first-order valence-electron chi connectivity index (χ1n) is 9.45. The summed E-state index contributed by atoms with van der Waals surface area (Å²) in [5, 5.41) is 2.71. The van der Waals surface area contributed by atoms with Crippen LogP contribution in [-0.2, 0) is 14.8 Å². The number of anilines is 1. The fourth-order valence-corrected chi connectivity index (χ4v) is 4.32. The first-order valence-corrected chi connectivity index (χ1v) is 10.9. The zero-order chi connectivity index (χ0) is 21.6. The number of carbonyl (C=O) groups excluding carboxylic acids is 1. The Morgan fingerprint density at radius 3 is 2.41 bits per heavy atom. The molecule has 2 aromatic rings. The van der Waals surface area contributed by atoms with Gasteiger partial charge in [0.1, 0.15) is 11.5 Å². The highest BCUT2D eigenvalue weighted by atomic mass is 32.2. The lowest BCUT2D eigenvalue weighted by atomic mass is 10.2. The molecule has 0 fully saturated rings. The number of ether oxygens (including phenoxy) is 2. The summed E-state index contributed by atoms with van der Waals surface area (Å²) in [6.45, 7) is 7.82. The molecule has 0 aliphatic carbocycles. The Hall–Kier alpha value is -2.58. The van der Waals surface area contributed by atoms with E-state index in [1.165, 1.54) is 29.6 Å². The summed E-state index contributed by atoms with van der Waals surface area (Å²) in [7, 11) is -2.21. The summed E-state index contributed by atoms with van der Waals surface area (Å²) in [4.78, 5) is 12.7. The van der Waals surface area contributed by atoms with Gasteiger partial charge in [0.05, 0.1) is 17.7 Å². The van der Waals surface area contributed by atoms with Gasteiger partial charge in [-0.25, -0.2) is 8.42 Å². The van der Waals surface area contributed by atoms with E-state index in [-0.39, 0.29) is 10.6 Å². The van der Waals surface area contributed by atoms with Gasteiger partial charge in [-0.3, -0.25) is 4.79 Å². The Bertz CT molecular complexity index is 955. The number of benzene rings is 2. The van der Waals surface area contributed by atoms with E-state index in [4.69, 9.17) is 9.47 Å². The number of hydrogen-bond acceptors (Lipinski definition) is 5. The average Bonchev–Trinajstić information content (AvgIpc) is 2.68. The van der Waals surface area contributed by atoms with Gasteiger partial charge in [-0.15, -0.1) is 0 Å². The molecular formula is C21H28N2O5S. The smallest absolute Gasteiger partial charge is 0.265 e. The summed E-state index contributed by atoms with van der Waals surface area (Å²) in [5.41, 5.74) is 1.29. The van der Waals surface area contributed by atoms with Crippen LogP contribution in [0, 0.1) is 6.92 Å². The molecule has 2 aromatic carbocycles. The first-order chi connectivity index (χ1) is 13.7. The SMILES string of the molecule is CCN(CC)S(=O)(=O)c1ccc(OC)c(NC(=O)[C@@H](C)Oc2cccc(C)c2)c1. The predicted octanol–water partition coefficient (Wildman–Crippen LogP) is 3.44. The lowest BCUT2D eigenvalue weighted by Crippen LogP contribution is -2.31. The summed E-state index contributed by atoms with van der Waals surface area (Å²) >= 11 is 0. The third-order valence-corrected chi connectivity index (χ3v) is 6.49. The van der Waals surface area contributed by atoms with E-state index in [0.29, 0.717) is 24.6 Å². The summed E-state index contributed by atoms with van der Waals surface area (Å²) < 4.78 is 37.9. The van der Waals surface area contributed by atoms with E-state index in [0.717, 1.165) is 5.56 Å². The van der Waals surface area contributed by atoms with Crippen molar-refractivity contribution in [2.45, 2.75) is 38.7 Å². The topological polar surface area (TPSA) is 84.9 Å². The average molecular weight is 421 g/mol. The molecular weight excluding hydrogens is 392 g/mol. The van der Waals surface area contributed by atoms with Crippen molar-refractivity contribution in [1.82, 2.24) is 4.31 Å². The molecule has 0 saturated heterocycles. The molecule has 0 spiro atoms. The predicted molar refractivity (Wildman–Crippen MR) is 113 cm³/mol. The van der Waals surface area contributed by atoms with E-state index in [1.54, 1.807) is 26.8 Å². The van der Waals surface area contributed by atoms with Crippen molar-refractivity contribution in [3.63, 3.8) is 0 Å². The van der Waals surface area contributed by atoms with E-state index in [2.05, 4.69) is 5.32 Å². The number of amides is 1. The van der Waals surface area contributed by atoms with Crippen molar-refractivity contribution < 1.29 is 22.7 Å². The Kier molecular flexibility index (Phi) is 7.64. The van der Waals surface area contributed by atoms with E-state index in [9.17, 15) is 13.2 Å². The number of aryl methyl sites for hydroxylation is 1. The largest absolute Gasteiger partial charge is 0.495 e. The van der Waals surface area contributed by atoms with Gasteiger partial charge in [0.2, 0.25) is 10.0 Å². The molecule has 29 heavy (non-hydrogen) atoms. The third kappa shape index (κ3) is 5.48. The van der Waals surface area contributed by atoms with Crippen LogP contribution in [0.2, 0.25) is 0 Å². The van der Waals surface area contributed by atoms with Gasteiger partial charge in [0, 0.05) is 13.1 Å². The molecule has 1 amide bonds. The monoisotopic (exact) mass is 420 g/mol. The fourth-order valence-electron chi connectivity index (χ4n) is 2.84. The second-order valence-electron chi connectivity index (χ2n) is 6.52. The van der Waals surface area contributed by atoms with Crippen LogP contribution in [-0.4, -0.2) is 44.9 Å². The molecule has 0 aliphatic heterocycles. The molecule has 0 heterocycles. The zero-order valence-electron chi connectivity index (χ0n) is 17.4. The van der Waals surface area contributed by atoms with Crippen molar-refractivity contribution in [2.24, 2.45) is 0 Å². The second kappa shape index (κ2) is 9.76. The maximum Gasteiger partial charge on any atom is 0.265 e. The van der Waals surface area contributed by atoms with E-state index >= 15 is 0 Å². The number of methoxy groups -OCH3 is 1. The number of nitrogens with one attached hydrogen (secondary N) is 1. The third-order valence-electron chi connectivity index (χ3n) is 4.44. The number of hydrogen-bond donors (Lipinski definition) is 1. The van der Waals surface area contributed by atoms with Crippen LogP contribution in [0.4, 0.5) is 5.69 Å². The quantitative estimate of drug-likeness (QED) is 0.672. The minimum Gasteiger partial charge on any atom is -0.495 e. The number of carbonyl (C=O) groups is 1. The lowest BCUT2D eigenvalue weighted by Gasteiger charge is -2.20.